The van der Waals surface area contributed by atoms with Gasteiger partial charge in [-0.05, 0) is 30.4 Å². The lowest BCUT2D eigenvalue weighted by molar-refractivity contribution is -0.145. The van der Waals surface area contributed by atoms with E-state index in [9.17, 15) is 23.2 Å². The summed E-state index contributed by atoms with van der Waals surface area (Å²) in [6.07, 6.45) is 1.80. The Morgan fingerprint density at radius 2 is 1.53 bits per heavy atom. The van der Waals surface area contributed by atoms with Crippen molar-refractivity contribution in [2.45, 2.75) is 46.1 Å². The Morgan fingerprint density at radius 3 is 2.10 bits per heavy atom. The topological polar surface area (TPSA) is 60.9 Å². The molecule has 0 radical (unpaired) electrons. The second-order valence-corrected chi connectivity index (χ2v) is 9.20. The second-order valence-electron chi connectivity index (χ2n) is 9.20. The lowest BCUT2D eigenvalue weighted by Gasteiger charge is -2.37. The fourth-order valence-corrected chi connectivity index (χ4v) is 4.08. The van der Waals surface area contributed by atoms with Gasteiger partial charge in [0.1, 0.15) is 23.2 Å². The summed E-state index contributed by atoms with van der Waals surface area (Å²) in [6, 6.07) is 2.86. The monoisotopic (exact) mass is 421 g/mol. The standard InChI is InChI=1S/C22H29F2N3O3/c1-22(2,3)14-18(28)27-9-5-8-17(27)20(29)25-10-12-26(13-11-25)21(30)19-15(23)6-4-7-16(19)24/h4,6-7,17H,5,8-14H2,1-3H3. The van der Waals surface area contributed by atoms with Crippen molar-refractivity contribution in [1.82, 2.24) is 14.7 Å². The minimum absolute atomic E-state index is 0.0119. The van der Waals surface area contributed by atoms with E-state index < -0.39 is 29.1 Å². The molecule has 2 saturated heterocycles. The van der Waals surface area contributed by atoms with Crippen molar-refractivity contribution >= 4 is 17.7 Å². The van der Waals surface area contributed by atoms with E-state index in [-0.39, 0.29) is 43.4 Å². The predicted octanol–water partition coefficient (Wildman–Crippen LogP) is 2.68. The SMILES string of the molecule is CC(C)(C)CC(=O)N1CCCC1C(=O)N1CCN(C(=O)c2c(F)cccc2F)CC1. The van der Waals surface area contributed by atoms with E-state index in [4.69, 9.17) is 0 Å². The quantitative estimate of drug-likeness (QED) is 0.754. The Bertz CT molecular complexity index is 809. The van der Waals surface area contributed by atoms with Crippen LogP contribution in [0.4, 0.5) is 8.78 Å². The van der Waals surface area contributed by atoms with Crippen molar-refractivity contribution in [3.05, 3.63) is 35.4 Å². The van der Waals surface area contributed by atoms with Crippen molar-refractivity contribution in [2.75, 3.05) is 32.7 Å². The molecule has 3 amide bonds. The number of benzene rings is 1. The summed E-state index contributed by atoms with van der Waals surface area (Å²) in [6.45, 7) is 7.50. The molecule has 1 atom stereocenters. The van der Waals surface area contributed by atoms with Crippen LogP contribution in [-0.4, -0.2) is 71.2 Å². The molecule has 0 saturated carbocycles. The van der Waals surface area contributed by atoms with Gasteiger partial charge in [-0.3, -0.25) is 14.4 Å². The summed E-state index contributed by atoms with van der Waals surface area (Å²) in [5.41, 5.74) is -0.714. The zero-order valence-electron chi connectivity index (χ0n) is 17.8. The Kier molecular flexibility index (Phi) is 6.43. The van der Waals surface area contributed by atoms with Gasteiger partial charge in [-0.1, -0.05) is 26.8 Å². The molecule has 1 aromatic rings. The molecular weight excluding hydrogens is 392 g/mol. The fraction of sp³-hybridized carbons (Fsp3) is 0.591. The number of carbonyl (C=O) groups excluding carboxylic acids is 3. The Labute approximate surface area is 175 Å². The molecule has 3 rings (SSSR count). The van der Waals surface area contributed by atoms with Crippen LogP contribution in [0.2, 0.25) is 0 Å². The third kappa shape index (κ3) is 4.79. The van der Waals surface area contributed by atoms with Crippen LogP contribution >= 0.6 is 0 Å². The number of rotatable bonds is 3. The van der Waals surface area contributed by atoms with Crippen LogP contribution in [0.5, 0.6) is 0 Å². The molecule has 0 aromatic heterocycles. The number of nitrogens with zero attached hydrogens (tertiary/aromatic N) is 3. The largest absolute Gasteiger partial charge is 0.337 e. The highest BCUT2D eigenvalue weighted by Gasteiger charge is 2.38. The summed E-state index contributed by atoms with van der Waals surface area (Å²) in [5.74, 6) is -2.61. The first kappa shape index (κ1) is 22.2. The van der Waals surface area contributed by atoms with Gasteiger partial charge in [-0.15, -0.1) is 0 Å². The van der Waals surface area contributed by atoms with Gasteiger partial charge in [-0.25, -0.2) is 8.78 Å². The van der Waals surface area contributed by atoms with Gasteiger partial charge in [0, 0.05) is 39.1 Å². The Balaban J connectivity index is 1.61. The van der Waals surface area contributed by atoms with E-state index in [2.05, 4.69) is 0 Å². The molecule has 0 bridgehead atoms. The van der Waals surface area contributed by atoms with Crippen molar-refractivity contribution in [3.8, 4) is 0 Å². The van der Waals surface area contributed by atoms with E-state index >= 15 is 0 Å². The Morgan fingerprint density at radius 1 is 0.967 bits per heavy atom. The first-order chi connectivity index (χ1) is 14.1. The predicted molar refractivity (Wildman–Crippen MR) is 108 cm³/mol. The molecule has 0 aliphatic carbocycles. The Hall–Kier alpha value is -2.51. The van der Waals surface area contributed by atoms with E-state index in [1.54, 1.807) is 9.80 Å². The number of hydrogen-bond acceptors (Lipinski definition) is 3. The molecule has 2 aliphatic rings. The van der Waals surface area contributed by atoms with Crippen molar-refractivity contribution in [2.24, 2.45) is 5.41 Å². The van der Waals surface area contributed by atoms with Gasteiger partial charge in [0.25, 0.3) is 5.91 Å². The van der Waals surface area contributed by atoms with Crippen molar-refractivity contribution < 1.29 is 23.2 Å². The normalized spacial score (nSPS) is 19.9. The van der Waals surface area contributed by atoms with Crippen molar-refractivity contribution in [3.63, 3.8) is 0 Å². The van der Waals surface area contributed by atoms with E-state index in [1.165, 1.54) is 11.0 Å². The summed E-state index contributed by atoms with van der Waals surface area (Å²) in [5, 5.41) is 0. The molecule has 1 aromatic carbocycles. The molecule has 1 unspecified atom stereocenters. The van der Waals surface area contributed by atoms with Crippen LogP contribution in [0, 0.1) is 17.0 Å². The number of piperazine rings is 1. The molecule has 2 fully saturated rings. The highest BCUT2D eigenvalue weighted by atomic mass is 19.1. The van der Waals surface area contributed by atoms with Gasteiger partial charge in [0.2, 0.25) is 11.8 Å². The summed E-state index contributed by atoms with van der Waals surface area (Å²) < 4.78 is 27.8. The van der Waals surface area contributed by atoms with Crippen LogP contribution in [0.25, 0.3) is 0 Å². The zero-order valence-corrected chi connectivity index (χ0v) is 17.8. The van der Waals surface area contributed by atoms with Crippen LogP contribution in [0.1, 0.15) is 50.4 Å². The summed E-state index contributed by atoms with van der Waals surface area (Å²) in [4.78, 5) is 42.9. The highest BCUT2D eigenvalue weighted by Crippen LogP contribution is 2.26. The van der Waals surface area contributed by atoms with Gasteiger partial charge in [0.15, 0.2) is 0 Å². The maximum atomic E-state index is 13.9. The summed E-state index contributed by atoms with van der Waals surface area (Å²) in [7, 11) is 0. The maximum absolute atomic E-state index is 13.9. The van der Waals surface area contributed by atoms with Gasteiger partial charge >= 0.3 is 0 Å². The lowest BCUT2D eigenvalue weighted by atomic mass is 9.91. The molecular formula is C22H29F2N3O3. The third-order valence-corrected chi connectivity index (χ3v) is 5.59. The smallest absolute Gasteiger partial charge is 0.259 e. The summed E-state index contributed by atoms with van der Waals surface area (Å²) >= 11 is 0. The molecule has 0 spiro atoms. The molecule has 0 N–H and O–H groups in total. The van der Waals surface area contributed by atoms with Crippen LogP contribution in [0.3, 0.4) is 0 Å². The van der Waals surface area contributed by atoms with E-state index in [0.29, 0.717) is 19.4 Å². The molecule has 30 heavy (non-hydrogen) atoms. The molecule has 6 nitrogen and oxygen atoms in total. The number of halogens is 2. The number of carbonyl (C=O) groups is 3. The van der Waals surface area contributed by atoms with Crippen LogP contribution in [-0.2, 0) is 9.59 Å². The number of likely N-dealkylation sites (tertiary alicyclic amines) is 1. The number of hydrogen-bond donors (Lipinski definition) is 0. The van der Waals surface area contributed by atoms with Gasteiger partial charge in [-0.2, -0.15) is 0 Å². The molecule has 2 heterocycles. The average Bonchev–Trinajstić information content (AvgIpc) is 3.16. The number of amides is 3. The maximum Gasteiger partial charge on any atom is 0.259 e. The minimum Gasteiger partial charge on any atom is -0.337 e. The molecule has 8 heteroatoms. The molecule has 164 valence electrons. The first-order valence-corrected chi connectivity index (χ1v) is 10.4. The first-order valence-electron chi connectivity index (χ1n) is 10.4. The van der Waals surface area contributed by atoms with Crippen molar-refractivity contribution in [1.29, 1.82) is 0 Å². The second kappa shape index (κ2) is 8.70. The van der Waals surface area contributed by atoms with E-state index in [0.717, 1.165) is 18.6 Å². The van der Waals surface area contributed by atoms with Crippen LogP contribution in [0.15, 0.2) is 18.2 Å². The fourth-order valence-electron chi connectivity index (χ4n) is 4.08. The highest BCUT2D eigenvalue weighted by molar-refractivity contribution is 5.95. The lowest BCUT2D eigenvalue weighted by Crippen LogP contribution is -2.55. The van der Waals surface area contributed by atoms with Gasteiger partial charge < -0.3 is 14.7 Å². The van der Waals surface area contributed by atoms with Gasteiger partial charge in [0.05, 0.1) is 0 Å². The van der Waals surface area contributed by atoms with Crippen LogP contribution < -0.4 is 0 Å². The van der Waals surface area contributed by atoms with E-state index in [1.807, 2.05) is 20.8 Å². The minimum atomic E-state index is -0.891. The third-order valence-electron chi connectivity index (χ3n) is 5.59. The molecule has 2 aliphatic heterocycles. The average molecular weight is 421 g/mol. The zero-order chi connectivity index (χ0) is 22.1.